The second-order valence-electron chi connectivity index (χ2n) is 5.59. The van der Waals surface area contributed by atoms with Crippen molar-refractivity contribution in [3.05, 3.63) is 54.3 Å². The number of hydrogen-bond acceptors (Lipinski definition) is 3. The summed E-state index contributed by atoms with van der Waals surface area (Å²) in [7, 11) is 0. The van der Waals surface area contributed by atoms with Gasteiger partial charge in [0.05, 0.1) is 12.2 Å². The number of para-hydroxylation sites is 1. The zero-order chi connectivity index (χ0) is 16.2. The Morgan fingerprint density at radius 3 is 2.96 bits per heavy atom. The van der Waals surface area contributed by atoms with Crippen molar-refractivity contribution in [3.63, 3.8) is 0 Å². The van der Waals surface area contributed by atoms with Crippen molar-refractivity contribution in [3.8, 4) is 0 Å². The lowest BCUT2D eigenvalue weighted by molar-refractivity contribution is -0.117. The van der Waals surface area contributed by atoms with E-state index in [9.17, 15) is 9.18 Å². The van der Waals surface area contributed by atoms with E-state index in [0.29, 0.717) is 17.5 Å². The Hall–Kier alpha value is -2.01. The molecule has 1 aliphatic heterocycles. The molecule has 23 heavy (non-hydrogen) atoms. The standard InChI is InChI=1S/C18H19FN2OS/c1-13-9-10-21(16-7-2-3-8-17(16)23-13)18(22)12-20-15-6-4-5-14(19)11-15/h2-8,11,13,20H,9-10,12H2,1H3. The van der Waals surface area contributed by atoms with E-state index in [1.54, 1.807) is 23.9 Å². The van der Waals surface area contributed by atoms with Crippen LogP contribution in [-0.2, 0) is 4.79 Å². The third-order valence-corrected chi connectivity index (χ3v) is 5.05. The number of halogens is 1. The number of thioether (sulfide) groups is 1. The number of rotatable bonds is 3. The van der Waals surface area contributed by atoms with Crippen molar-refractivity contribution in [1.82, 2.24) is 0 Å². The monoisotopic (exact) mass is 330 g/mol. The Balaban J connectivity index is 1.74. The van der Waals surface area contributed by atoms with Crippen LogP contribution in [0.3, 0.4) is 0 Å². The summed E-state index contributed by atoms with van der Waals surface area (Å²) in [5.74, 6) is -0.316. The number of benzene rings is 2. The predicted molar refractivity (Wildman–Crippen MR) is 93.6 cm³/mol. The van der Waals surface area contributed by atoms with Gasteiger partial charge < -0.3 is 10.2 Å². The zero-order valence-corrected chi connectivity index (χ0v) is 13.8. The van der Waals surface area contributed by atoms with Crippen molar-refractivity contribution in [2.45, 2.75) is 23.5 Å². The molecule has 1 aliphatic rings. The maximum absolute atomic E-state index is 13.2. The van der Waals surface area contributed by atoms with E-state index < -0.39 is 0 Å². The van der Waals surface area contributed by atoms with Gasteiger partial charge in [0, 0.05) is 22.4 Å². The van der Waals surface area contributed by atoms with Gasteiger partial charge in [-0.25, -0.2) is 4.39 Å². The van der Waals surface area contributed by atoms with Gasteiger partial charge in [-0.3, -0.25) is 4.79 Å². The van der Waals surface area contributed by atoms with E-state index >= 15 is 0 Å². The topological polar surface area (TPSA) is 32.3 Å². The highest BCUT2D eigenvalue weighted by Gasteiger charge is 2.23. The summed E-state index contributed by atoms with van der Waals surface area (Å²) in [6.07, 6.45) is 0.949. The second-order valence-corrected chi connectivity index (χ2v) is 7.07. The van der Waals surface area contributed by atoms with Gasteiger partial charge in [-0.1, -0.05) is 25.1 Å². The lowest BCUT2D eigenvalue weighted by Crippen LogP contribution is -2.36. The summed E-state index contributed by atoms with van der Waals surface area (Å²) in [5.41, 5.74) is 1.58. The van der Waals surface area contributed by atoms with Crippen molar-refractivity contribution in [1.29, 1.82) is 0 Å². The highest BCUT2D eigenvalue weighted by molar-refractivity contribution is 8.00. The molecule has 0 spiro atoms. The van der Waals surface area contributed by atoms with Crippen molar-refractivity contribution in [2.75, 3.05) is 23.3 Å². The van der Waals surface area contributed by atoms with E-state index in [1.807, 2.05) is 23.1 Å². The van der Waals surface area contributed by atoms with E-state index in [1.165, 1.54) is 12.1 Å². The van der Waals surface area contributed by atoms with Gasteiger partial charge in [-0.15, -0.1) is 11.8 Å². The maximum Gasteiger partial charge on any atom is 0.246 e. The van der Waals surface area contributed by atoms with Gasteiger partial charge in [-0.05, 0) is 36.8 Å². The highest BCUT2D eigenvalue weighted by Crippen LogP contribution is 2.37. The van der Waals surface area contributed by atoms with Crippen LogP contribution >= 0.6 is 11.8 Å². The Morgan fingerprint density at radius 1 is 1.30 bits per heavy atom. The van der Waals surface area contributed by atoms with Crippen LogP contribution in [0.25, 0.3) is 0 Å². The molecule has 0 radical (unpaired) electrons. The minimum absolute atomic E-state index is 0.00332. The summed E-state index contributed by atoms with van der Waals surface area (Å²) >= 11 is 1.81. The summed E-state index contributed by atoms with van der Waals surface area (Å²) in [6.45, 7) is 3.03. The molecule has 5 heteroatoms. The fraction of sp³-hybridized carbons (Fsp3) is 0.278. The average molecular weight is 330 g/mol. The summed E-state index contributed by atoms with van der Waals surface area (Å²) in [5, 5.41) is 3.48. The van der Waals surface area contributed by atoms with Crippen LogP contribution < -0.4 is 10.2 Å². The van der Waals surface area contributed by atoms with E-state index in [-0.39, 0.29) is 18.3 Å². The lowest BCUT2D eigenvalue weighted by Gasteiger charge is -2.23. The number of carbonyl (C=O) groups excluding carboxylic acids is 1. The molecule has 120 valence electrons. The quantitative estimate of drug-likeness (QED) is 0.917. The molecule has 1 heterocycles. The molecule has 0 aliphatic carbocycles. The fourth-order valence-corrected chi connectivity index (χ4v) is 3.73. The maximum atomic E-state index is 13.2. The van der Waals surface area contributed by atoms with Gasteiger partial charge in [-0.2, -0.15) is 0 Å². The van der Waals surface area contributed by atoms with Gasteiger partial charge >= 0.3 is 0 Å². The first kappa shape index (κ1) is 15.9. The minimum atomic E-state index is -0.312. The van der Waals surface area contributed by atoms with E-state index in [4.69, 9.17) is 0 Å². The highest BCUT2D eigenvalue weighted by atomic mass is 32.2. The SMILES string of the molecule is CC1CCN(C(=O)CNc2cccc(F)c2)c2ccccc2S1. The summed E-state index contributed by atoms with van der Waals surface area (Å²) < 4.78 is 13.2. The number of nitrogens with one attached hydrogen (secondary N) is 1. The van der Waals surface area contributed by atoms with Crippen LogP contribution in [0.4, 0.5) is 15.8 Å². The molecule has 3 rings (SSSR count). The third-order valence-electron chi connectivity index (χ3n) is 3.81. The van der Waals surface area contributed by atoms with Gasteiger partial charge in [0.1, 0.15) is 5.82 Å². The number of nitrogens with zero attached hydrogens (tertiary/aromatic N) is 1. The summed E-state index contributed by atoms with van der Waals surface area (Å²) in [4.78, 5) is 15.6. The lowest BCUT2D eigenvalue weighted by atomic mass is 10.2. The molecule has 3 nitrogen and oxygen atoms in total. The zero-order valence-electron chi connectivity index (χ0n) is 13.0. The molecule has 0 fully saturated rings. The van der Waals surface area contributed by atoms with Gasteiger partial charge in [0.25, 0.3) is 0 Å². The normalized spacial score (nSPS) is 17.3. The summed E-state index contributed by atoms with van der Waals surface area (Å²) in [6, 6.07) is 14.2. The first-order chi connectivity index (χ1) is 11.1. The molecule has 1 N–H and O–H groups in total. The second kappa shape index (κ2) is 7.04. The van der Waals surface area contributed by atoms with Crippen LogP contribution in [-0.4, -0.2) is 24.2 Å². The van der Waals surface area contributed by atoms with Gasteiger partial charge in [0.2, 0.25) is 5.91 Å². The first-order valence-electron chi connectivity index (χ1n) is 7.69. The van der Waals surface area contributed by atoms with Crippen LogP contribution in [0, 0.1) is 5.82 Å². The largest absolute Gasteiger partial charge is 0.376 e. The van der Waals surface area contributed by atoms with Crippen molar-refractivity contribution < 1.29 is 9.18 Å². The molecular formula is C18H19FN2OS. The van der Waals surface area contributed by atoms with Gasteiger partial charge in [0.15, 0.2) is 0 Å². The molecule has 1 amide bonds. The first-order valence-corrected chi connectivity index (χ1v) is 8.57. The van der Waals surface area contributed by atoms with Crippen molar-refractivity contribution in [2.24, 2.45) is 0 Å². The molecule has 1 unspecified atom stereocenters. The Bertz CT molecular complexity index is 707. The molecule has 1 atom stereocenters. The predicted octanol–water partition coefficient (Wildman–Crippen LogP) is 4.16. The molecule has 0 saturated carbocycles. The van der Waals surface area contributed by atoms with E-state index in [0.717, 1.165) is 17.0 Å². The molecule has 0 bridgehead atoms. The van der Waals surface area contributed by atoms with Crippen LogP contribution in [0.2, 0.25) is 0 Å². The Labute approximate surface area is 139 Å². The fourth-order valence-electron chi connectivity index (χ4n) is 2.62. The minimum Gasteiger partial charge on any atom is -0.376 e. The Morgan fingerprint density at radius 2 is 2.13 bits per heavy atom. The third kappa shape index (κ3) is 3.85. The number of anilines is 2. The molecule has 0 aromatic heterocycles. The van der Waals surface area contributed by atoms with Crippen LogP contribution in [0.15, 0.2) is 53.4 Å². The molecule has 2 aromatic carbocycles. The average Bonchev–Trinajstić information content (AvgIpc) is 2.71. The molecule has 0 saturated heterocycles. The number of hydrogen-bond donors (Lipinski definition) is 1. The van der Waals surface area contributed by atoms with Crippen LogP contribution in [0.5, 0.6) is 0 Å². The van der Waals surface area contributed by atoms with E-state index in [2.05, 4.69) is 18.3 Å². The van der Waals surface area contributed by atoms with Crippen molar-refractivity contribution >= 4 is 29.0 Å². The van der Waals surface area contributed by atoms with Crippen LogP contribution in [0.1, 0.15) is 13.3 Å². The molecule has 2 aromatic rings. The smallest absolute Gasteiger partial charge is 0.246 e. The number of fused-ring (bicyclic) bond motifs is 1. The number of amides is 1. The molecular weight excluding hydrogens is 311 g/mol. The number of carbonyl (C=O) groups is 1. The Kier molecular flexibility index (Phi) is 4.86.